The third kappa shape index (κ3) is 2.71. The van der Waals surface area contributed by atoms with Crippen molar-refractivity contribution in [1.29, 1.82) is 0 Å². The highest BCUT2D eigenvalue weighted by atomic mass is 15.3. The van der Waals surface area contributed by atoms with Gasteiger partial charge in [-0.05, 0) is 18.9 Å². The SMILES string of the molecule is NC1CCCN(c2ncc(-c3cccnc3)cn2)C1. The van der Waals surface area contributed by atoms with Gasteiger partial charge in [0.25, 0.3) is 0 Å². The first-order valence-electron chi connectivity index (χ1n) is 6.56. The summed E-state index contributed by atoms with van der Waals surface area (Å²) >= 11 is 0. The minimum absolute atomic E-state index is 0.232. The fourth-order valence-corrected chi connectivity index (χ4v) is 2.36. The van der Waals surface area contributed by atoms with Gasteiger partial charge in [-0.1, -0.05) is 6.07 Å². The van der Waals surface area contributed by atoms with Gasteiger partial charge < -0.3 is 10.6 Å². The van der Waals surface area contributed by atoms with Crippen LogP contribution in [0.1, 0.15) is 12.8 Å². The molecule has 19 heavy (non-hydrogen) atoms. The third-order valence-electron chi connectivity index (χ3n) is 3.37. The standard InChI is InChI=1S/C14H17N5/c15-13-4-2-6-19(10-13)14-17-8-12(9-18-14)11-3-1-5-16-7-11/h1,3,5,7-9,13H,2,4,6,10,15H2. The molecular weight excluding hydrogens is 238 g/mol. The van der Waals surface area contributed by atoms with Crippen molar-refractivity contribution < 1.29 is 0 Å². The maximum atomic E-state index is 5.98. The van der Waals surface area contributed by atoms with Gasteiger partial charge in [0.2, 0.25) is 5.95 Å². The summed E-state index contributed by atoms with van der Waals surface area (Å²) in [6, 6.07) is 4.14. The summed E-state index contributed by atoms with van der Waals surface area (Å²) in [5.41, 5.74) is 7.99. The lowest BCUT2D eigenvalue weighted by molar-refractivity contribution is 0.500. The Balaban J connectivity index is 1.79. The average molecular weight is 255 g/mol. The highest BCUT2D eigenvalue weighted by molar-refractivity contribution is 5.60. The molecular formula is C14H17N5. The van der Waals surface area contributed by atoms with Gasteiger partial charge in [0.1, 0.15) is 0 Å². The predicted molar refractivity (Wildman–Crippen MR) is 74.7 cm³/mol. The zero-order valence-corrected chi connectivity index (χ0v) is 10.7. The molecule has 0 radical (unpaired) electrons. The second-order valence-corrected chi connectivity index (χ2v) is 4.86. The summed E-state index contributed by atoms with van der Waals surface area (Å²) in [4.78, 5) is 15.1. The van der Waals surface area contributed by atoms with E-state index in [1.165, 1.54) is 0 Å². The maximum Gasteiger partial charge on any atom is 0.225 e. The topological polar surface area (TPSA) is 67.9 Å². The molecule has 3 heterocycles. The Labute approximate surface area is 112 Å². The van der Waals surface area contributed by atoms with Crippen molar-refractivity contribution in [1.82, 2.24) is 15.0 Å². The Morgan fingerprint density at radius 3 is 2.68 bits per heavy atom. The molecule has 1 aliphatic heterocycles. The van der Waals surface area contributed by atoms with Crippen molar-refractivity contribution in [3.05, 3.63) is 36.9 Å². The van der Waals surface area contributed by atoms with Crippen LogP contribution in [0.2, 0.25) is 0 Å². The van der Waals surface area contributed by atoms with E-state index in [1.54, 1.807) is 6.20 Å². The van der Waals surface area contributed by atoms with E-state index >= 15 is 0 Å². The number of nitrogens with zero attached hydrogens (tertiary/aromatic N) is 4. The molecule has 1 atom stereocenters. The Bertz CT molecular complexity index is 525. The predicted octanol–water partition coefficient (Wildman–Crippen LogP) is 1.47. The van der Waals surface area contributed by atoms with Crippen LogP contribution in [0.3, 0.4) is 0 Å². The highest BCUT2D eigenvalue weighted by Gasteiger charge is 2.18. The average Bonchev–Trinajstić information content (AvgIpc) is 2.48. The lowest BCUT2D eigenvalue weighted by atomic mass is 10.1. The molecule has 0 aromatic carbocycles. The van der Waals surface area contributed by atoms with E-state index in [0.29, 0.717) is 0 Å². The molecule has 1 aliphatic rings. The van der Waals surface area contributed by atoms with Gasteiger partial charge in [0.15, 0.2) is 0 Å². The van der Waals surface area contributed by atoms with Crippen LogP contribution in [0.5, 0.6) is 0 Å². The van der Waals surface area contributed by atoms with E-state index in [9.17, 15) is 0 Å². The molecule has 2 N–H and O–H groups in total. The largest absolute Gasteiger partial charge is 0.339 e. The van der Waals surface area contributed by atoms with Gasteiger partial charge in [0, 0.05) is 55.0 Å². The smallest absolute Gasteiger partial charge is 0.225 e. The molecule has 0 saturated carbocycles. The van der Waals surface area contributed by atoms with Gasteiger partial charge in [0.05, 0.1) is 0 Å². The molecule has 0 bridgehead atoms. The van der Waals surface area contributed by atoms with Crippen LogP contribution in [0.15, 0.2) is 36.9 Å². The number of aromatic nitrogens is 3. The van der Waals surface area contributed by atoms with Crippen molar-refractivity contribution in [2.45, 2.75) is 18.9 Å². The van der Waals surface area contributed by atoms with E-state index in [0.717, 1.165) is 43.0 Å². The van der Waals surface area contributed by atoms with Crippen LogP contribution in [-0.2, 0) is 0 Å². The highest BCUT2D eigenvalue weighted by Crippen LogP contribution is 2.19. The number of hydrogen-bond acceptors (Lipinski definition) is 5. The van der Waals surface area contributed by atoms with Crippen molar-refractivity contribution >= 4 is 5.95 Å². The second-order valence-electron chi connectivity index (χ2n) is 4.86. The summed E-state index contributed by atoms with van der Waals surface area (Å²) in [5, 5.41) is 0. The van der Waals surface area contributed by atoms with E-state index in [4.69, 9.17) is 5.73 Å². The molecule has 98 valence electrons. The van der Waals surface area contributed by atoms with E-state index in [-0.39, 0.29) is 6.04 Å². The number of rotatable bonds is 2. The Morgan fingerprint density at radius 2 is 2.00 bits per heavy atom. The van der Waals surface area contributed by atoms with Gasteiger partial charge in [-0.2, -0.15) is 0 Å². The minimum atomic E-state index is 0.232. The number of anilines is 1. The normalized spacial score (nSPS) is 19.4. The summed E-state index contributed by atoms with van der Waals surface area (Å²) < 4.78 is 0. The molecule has 0 amide bonds. The fourth-order valence-electron chi connectivity index (χ4n) is 2.36. The zero-order chi connectivity index (χ0) is 13.1. The third-order valence-corrected chi connectivity index (χ3v) is 3.37. The van der Waals surface area contributed by atoms with Crippen LogP contribution in [0.4, 0.5) is 5.95 Å². The van der Waals surface area contributed by atoms with E-state index in [2.05, 4.69) is 19.9 Å². The van der Waals surface area contributed by atoms with E-state index < -0.39 is 0 Å². The number of pyridine rings is 1. The van der Waals surface area contributed by atoms with Crippen molar-refractivity contribution in [3.8, 4) is 11.1 Å². The Kier molecular flexibility index (Phi) is 3.37. The lowest BCUT2D eigenvalue weighted by Crippen LogP contribution is -2.43. The number of hydrogen-bond donors (Lipinski definition) is 1. The molecule has 2 aromatic heterocycles. The van der Waals surface area contributed by atoms with Crippen molar-refractivity contribution in [3.63, 3.8) is 0 Å². The van der Waals surface area contributed by atoms with Gasteiger partial charge in [-0.25, -0.2) is 9.97 Å². The van der Waals surface area contributed by atoms with E-state index in [1.807, 2.05) is 30.7 Å². The monoisotopic (exact) mass is 255 g/mol. The van der Waals surface area contributed by atoms with Crippen LogP contribution in [0, 0.1) is 0 Å². The maximum absolute atomic E-state index is 5.98. The second kappa shape index (κ2) is 5.32. The summed E-state index contributed by atoms with van der Waals surface area (Å²) in [6.07, 6.45) is 9.46. The molecule has 3 rings (SSSR count). The fraction of sp³-hybridized carbons (Fsp3) is 0.357. The van der Waals surface area contributed by atoms with Crippen LogP contribution in [0.25, 0.3) is 11.1 Å². The molecule has 5 heteroatoms. The first-order chi connectivity index (χ1) is 9.33. The van der Waals surface area contributed by atoms with Crippen molar-refractivity contribution in [2.24, 2.45) is 5.73 Å². The summed E-state index contributed by atoms with van der Waals surface area (Å²) in [6.45, 7) is 1.83. The number of nitrogens with two attached hydrogens (primary N) is 1. The van der Waals surface area contributed by atoms with Crippen molar-refractivity contribution in [2.75, 3.05) is 18.0 Å². The summed E-state index contributed by atoms with van der Waals surface area (Å²) in [7, 11) is 0. The van der Waals surface area contributed by atoms with Crippen LogP contribution >= 0.6 is 0 Å². The Hall–Kier alpha value is -2.01. The van der Waals surface area contributed by atoms with Crippen LogP contribution < -0.4 is 10.6 Å². The lowest BCUT2D eigenvalue weighted by Gasteiger charge is -2.30. The molecule has 2 aromatic rings. The van der Waals surface area contributed by atoms with Gasteiger partial charge >= 0.3 is 0 Å². The molecule has 1 fully saturated rings. The quantitative estimate of drug-likeness (QED) is 0.880. The van der Waals surface area contributed by atoms with Gasteiger partial charge in [-0.3, -0.25) is 4.98 Å². The van der Waals surface area contributed by atoms with Crippen LogP contribution in [-0.4, -0.2) is 34.1 Å². The Morgan fingerprint density at radius 1 is 1.16 bits per heavy atom. The number of piperidine rings is 1. The molecule has 0 spiro atoms. The minimum Gasteiger partial charge on any atom is -0.339 e. The zero-order valence-electron chi connectivity index (χ0n) is 10.7. The molecule has 1 unspecified atom stereocenters. The van der Waals surface area contributed by atoms with Gasteiger partial charge in [-0.15, -0.1) is 0 Å². The molecule has 0 aliphatic carbocycles. The summed E-state index contributed by atoms with van der Waals surface area (Å²) in [5.74, 6) is 0.766. The molecule has 1 saturated heterocycles. The molecule has 5 nitrogen and oxygen atoms in total. The first kappa shape index (κ1) is 12.0. The first-order valence-corrected chi connectivity index (χ1v) is 6.56.